The zero-order chi connectivity index (χ0) is 10.8. The number of hydrogen-bond acceptors (Lipinski definition) is 3. The third-order valence-corrected chi connectivity index (χ3v) is 4.25. The molecule has 2 saturated carbocycles. The Bertz CT molecular complexity index is 240. The van der Waals surface area contributed by atoms with Crippen molar-refractivity contribution in [2.45, 2.75) is 48.7 Å². The van der Waals surface area contributed by atoms with Gasteiger partial charge >= 0.3 is 5.97 Å². The van der Waals surface area contributed by atoms with Crippen LogP contribution in [0.15, 0.2) is 0 Å². The molecule has 0 saturated heterocycles. The minimum absolute atomic E-state index is 0.0407. The van der Waals surface area contributed by atoms with Gasteiger partial charge in [-0.3, -0.25) is 4.79 Å². The molecule has 0 spiro atoms. The SMILES string of the molecule is CCOC(=O)C1CC(I)C(OC2CC2)C1. The van der Waals surface area contributed by atoms with Crippen molar-refractivity contribution in [3.05, 3.63) is 0 Å². The lowest BCUT2D eigenvalue weighted by Gasteiger charge is -2.14. The van der Waals surface area contributed by atoms with Gasteiger partial charge in [-0.2, -0.15) is 0 Å². The maximum atomic E-state index is 11.6. The largest absolute Gasteiger partial charge is 0.466 e. The van der Waals surface area contributed by atoms with E-state index in [0.29, 0.717) is 16.6 Å². The second kappa shape index (κ2) is 4.99. The second-order valence-corrected chi connectivity index (χ2v) is 5.91. The molecule has 4 heteroatoms. The highest BCUT2D eigenvalue weighted by atomic mass is 127. The fourth-order valence-corrected chi connectivity index (χ4v) is 3.07. The average molecular weight is 324 g/mol. The Balaban J connectivity index is 1.82. The summed E-state index contributed by atoms with van der Waals surface area (Å²) < 4.78 is 11.4. The van der Waals surface area contributed by atoms with Crippen molar-refractivity contribution in [1.82, 2.24) is 0 Å². The lowest BCUT2D eigenvalue weighted by atomic mass is 10.1. The standard InChI is InChI=1S/C11H17IO3/c1-2-14-11(13)7-5-9(12)10(6-7)15-8-3-4-8/h7-10H,2-6H2,1H3. The van der Waals surface area contributed by atoms with Crippen LogP contribution in [0.5, 0.6) is 0 Å². The van der Waals surface area contributed by atoms with E-state index >= 15 is 0 Å². The molecule has 0 aromatic carbocycles. The minimum Gasteiger partial charge on any atom is -0.466 e. The lowest BCUT2D eigenvalue weighted by Crippen LogP contribution is -2.19. The Morgan fingerprint density at radius 2 is 2.13 bits per heavy atom. The Hall–Kier alpha value is 0.160. The Labute approximate surface area is 104 Å². The normalized spacial score (nSPS) is 35.5. The summed E-state index contributed by atoms with van der Waals surface area (Å²) in [6.45, 7) is 2.34. The first-order valence-corrected chi connectivity index (χ1v) is 6.91. The summed E-state index contributed by atoms with van der Waals surface area (Å²) >= 11 is 2.40. The van der Waals surface area contributed by atoms with Crippen molar-refractivity contribution in [3.63, 3.8) is 0 Å². The molecule has 0 aromatic heterocycles. The van der Waals surface area contributed by atoms with Gasteiger partial charge in [0.15, 0.2) is 0 Å². The third-order valence-electron chi connectivity index (χ3n) is 2.94. The highest BCUT2D eigenvalue weighted by Gasteiger charge is 2.40. The highest BCUT2D eigenvalue weighted by molar-refractivity contribution is 14.1. The molecule has 0 amide bonds. The summed E-state index contributed by atoms with van der Waals surface area (Å²) in [5, 5.41) is 0. The van der Waals surface area contributed by atoms with Gasteiger partial charge in [-0.1, -0.05) is 22.6 Å². The molecule has 86 valence electrons. The molecule has 2 fully saturated rings. The summed E-state index contributed by atoms with van der Waals surface area (Å²) in [5.74, 6) is 0.0247. The van der Waals surface area contributed by atoms with E-state index in [2.05, 4.69) is 22.6 Å². The van der Waals surface area contributed by atoms with Crippen LogP contribution in [0.2, 0.25) is 0 Å². The van der Waals surface area contributed by atoms with Crippen molar-refractivity contribution >= 4 is 28.6 Å². The molecular formula is C11H17IO3. The van der Waals surface area contributed by atoms with E-state index in [1.54, 1.807) is 0 Å². The molecule has 0 N–H and O–H groups in total. The molecule has 2 rings (SSSR count). The molecular weight excluding hydrogens is 307 g/mol. The van der Waals surface area contributed by atoms with E-state index in [9.17, 15) is 4.79 Å². The van der Waals surface area contributed by atoms with Gasteiger partial charge in [0.1, 0.15) is 0 Å². The van der Waals surface area contributed by atoms with Gasteiger partial charge in [0.2, 0.25) is 0 Å². The Morgan fingerprint density at radius 1 is 1.40 bits per heavy atom. The van der Waals surface area contributed by atoms with Gasteiger partial charge in [0, 0.05) is 3.92 Å². The predicted molar refractivity (Wildman–Crippen MR) is 65.1 cm³/mol. The molecule has 0 aromatic rings. The van der Waals surface area contributed by atoms with Crippen molar-refractivity contribution in [2.24, 2.45) is 5.92 Å². The van der Waals surface area contributed by atoms with Crippen LogP contribution >= 0.6 is 22.6 Å². The average Bonchev–Trinajstić information content (AvgIpc) is 2.92. The van der Waals surface area contributed by atoms with Crippen LogP contribution in [-0.4, -0.2) is 28.7 Å². The smallest absolute Gasteiger partial charge is 0.309 e. The van der Waals surface area contributed by atoms with Gasteiger partial charge in [-0.05, 0) is 32.6 Å². The molecule has 3 unspecified atom stereocenters. The van der Waals surface area contributed by atoms with Gasteiger partial charge in [0.25, 0.3) is 0 Å². The second-order valence-electron chi connectivity index (χ2n) is 4.31. The molecule has 2 aliphatic carbocycles. The first-order valence-electron chi connectivity index (χ1n) is 5.67. The zero-order valence-corrected chi connectivity index (χ0v) is 11.1. The van der Waals surface area contributed by atoms with E-state index in [1.165, 1.54) is 12.8 Å². The monoisotopic (exact) mass is 324 g/mol. The topological polar surface area (TPSA) is 35.5 Å². The van der Waals surface area contributed by atoms with E-state index in [-0.39, 0.29) is 18.0 Å². The zero-order valence-electron chi connectivity index (χ0n) is 8.95. The number of carbonyl (C=O) groups excluding carboxylic acids is 1. The van der Waals surface area contributed by atoms with Crippen LogP contribution < -0.4 is 0 Å². The number of halogens is 1. The van der Waals surface area contributed by atoms with Gasteiger partial charge in [0.05, 0.1) is 24.7 Å². The first kappa shape index (κ1) is 11.6. The maximum absolute atomic E-state index is 11.6. The first-order chi connectivity index (χ1) is 7.20. The van der Waals surface area contributed by atoms with E-state index in [0.717, 1.165) is 12.8 Å². The molecule has 15 heavy (non-hydrogen) atoms. The Morgan fingerprint density at radius 3 is 2.73 bits per heavy atom. The van der Waals surface area contributed by atoms with E-state index in [1.807, 2.05) is 6.92 Å². The number of ether oxygens (including phenoxy) is 2. The van der Waals surface area contributed by atoms with Crippen molar-refractivity contribution < 1.29 is 14.3 Å². The summed E-state index contributed by atoms with van der Waals surface area (Å²) in [6.07, 6.45) is 4.91. The third kappa shape index (κ3) is 3.06. The summed E-state index contributed by atoms with van der Waals surface area (Å²) in [5.41, 5.74) is 0. The Kier molecular flexibility index (Phi) is 3.88. The maximum Gasteiger partial charge on any atom is 0.309 e. The fourth-order valence-electron chi connectivity index (χ4n) is 1.99. The van der Waals surface area contributed by atoms with Crippen LogP contribution in [0.4, 0.5) is 0 Å². The number of rotatable bonds is 4. The highest BCUT2D eigenvalue weighted by Crippen LogP contribution is 2.38. The lowest BCUT2D eigenvalue weighted by molar-refractivity contribution is -0.148. The number of alkyl halides is 1. The van der Waals surface area contributed by atoms with Crippen molar-refractivity contribution in [3.8, 4) is 0 Å². The summed E-state index contributed by atoms with van der Waals surface area (Å²) in [6, 6.07) is 0. The number of esters is 1. The number of carbonyl (C=O) groups is 1. The molecule has 0 aliphatic heterocycles. The van der Waals surface area contributed by atoms with Crippen LogP contribution in [0.25, 0.3) is 0 Å². The molecule has 0 heterocycles. The molecule has 3 nitrogen and oxygen atoms in total. The van der Waals surface area contributed by atoms with Crippen LogP contribution in [0.1, 0.15) is 32.6 Å². The van der Waals surface area contributed by atoms with Gasteiger partial charge in [-0.25, -0.2) is 0 Å². The fraction of sp³-hybridized carbons (Fsp3) is 0.909. The van der Waals surface area contributed by atoms with Crippen molar-refractivity contribution in [2.75, 3.05) is 6.61 Å². The molecule has 0 radical (unpaired) electrons. The van der Waals surface area contributed by atoms with Gasteiger partial charge in [-0.15, -0.1) is 0 Å². The van der Waals surface area contributed by atoms with E-state index in [4.69, 9.17) is 9.47 Å². The quantitative estimate of drug-likeness (QED) is 0.452. The number of hydrogen-bond donors (Lipinski definition) is 0. The van der Waals surface area contributed by atoms with Gasteiger partial charge < -0.3 is 9.47 Å². The molecule has 2 aliphatic rings. The summed E-state index contributed by atoms with van der Waals surface area (Å²) in [4.78, 5) is 11.6. The minimum atomic E-state index is -0.0407. The van der Waals surface area contributed by atoms with E-state index < -0.39 is 0 Å². The van der Waals surface area contributed by atoms with Crippen LogP contribution in [-0.2, 0) is 14.3 Å². The predicted octanol–water partition coefficient (Wildman–Crippen LogP) is 2.31. The van der Waals surface area contributed by atoms with Crippen LogP contribution in [0.3, 0.4) is 0 Å². The summed E-state index contributed by atoms with van der Waals surface area (Å²) in [7, 11) is 0. The molecule has 0 bridgehead atoms. The van der Waals surface area contributed by atoms with Crippen molar-refractivity contribution in [1.29, 1.82) is 0 Å². The molecule has 3 atom stereocenters. The van der Waals surface area contributed by atoms with Crippen LogP contribution in [0, 0.1) is 5.92 Å².